The van der Waals surface area contributed by atoms with Crippen molar-refractivity contribution in [1.29, 1.82) is 5.26 Å². The lowest BCUT2D eigenvalue weighted by Gasteiger charge is -2.18. The summed E-state index contributed by atoms with van der Waals surface area (Å²) in [5.41, 5.74) is 2.65. The SMILES string of the molecule is Cc1ccc(CN(C)C(=O)COC(=O)[C@H](C)Oc2ccc(C#N)cc2)cc1. The van der Waals surface area contributed by atoms with Gasteiger partial charge in [-0.15, -0.1) is 0 Å². The third kappa shape index (κ3) is 6.15. The average Bonchev–Trinajstić information content (AvgIpc) is 2.68. The van der Waals surface area contributed by atoms with E-state index in [0.717, 1.165) is 11.1 Å². The van der Waals surface area contributed by atoms with Crippen molar-refractivity contribution in [3.8, 4) is 11.8 Å². The standard InChI is InChI=1S/C21H22N2O4/c1-15-4-6-18(7-5-15)13-23(3)20(24)14-26-21(25)16(2)27-19-10-8-17(12-22)9-11-19/h4-11,16H,13-14H2,1-3H3/t16-/m0/s1. The molecule has 27 heavy (non-hydrogen) atoms. The van der Waals surface area contributed by atoms with Crippen LogP contribution in [0.4, 0.5) is 0 Å². The molecule has 0 saturated carbocycles. The van der Waals surface area contributed by atoms with Crippen LogP contribution in [0, 0.1) is 18.3 Å². The molecule has 140 valence electrons. The predicted octanol–water partition coefficient (Wildman–Crippen LogP) is 2.84. The van der Waals surface area contributed by atoms with Gasteiger partial charge in [-0.25, -0.2) is 4.79 Å². The molecule has 0 fully saturated rings. The number of ether oxygens (including phenoxy) is 2. The number of nitrogens with zero attached hydrogens (tertiary/aromatic N) is 2. The quantitative estimate of drug-likeness (QED) is 0.704. The number of esters is 1. The molecule has 0 N–H and O–H groups in total. The number of nitriles is 1. The van der Waals surface area contributed by atoms with Crippen LogP contribution >= 0.6 is 0 Å². The van der Waals surface area contributed by atoms with Gasteiger partial charge >= 0.3 is 5.97 Å². The van der Waals surface area contributed by atoms with Gasteiger partial charge < -0.3 is 14.4 Å². The molecule has 0 aliphatic rings. The maximum absolute atomic E-state index is 12.1. The third-order valence-electron chi connectivity index (χ3n) is 3.93. The predicted molar refractivity (Wildman–Crippen MR) is 99.9 cm³/mol. The Morgan fingerprint density at radius 1 is 1.11 bits per heavy atom. The van der Waals surface area contributed by atoms with Crippen molar-refractivity contribution in [1.82, 2.24) is 4.90 Å². The summed E-state index contributed by atoms with van der Waals surface area (Å²) in [4.78, 5) is 25.7. The zero-order chi connectivity index (χ0) is 19.8. The number of aryl methyl sites for hydroxylation is 1. The highest BCUT2D eigenvalue weighted by molar-refractivity contribution is 5.82. The number of hydrogen-bond donors (Lipinski definition) is 0. The lowest BCUT2D eigenvalue weighted by atomic mass is 10.1. The van der Waals surface area contributed by atoms with Crippen molar-refractivity contribution in [2.24, 2.45) is 0 Å². The molecule has 2 aromatic rings. The number of carbonyl (C=O) groups excluding carboxylic acids is 2. The molecule has 2 rings (SSSR count). The van der Waals surface area contributed by atoms with Gasteiger partial charge in [-0.1, -0.05) is 29.8 Å². The summed E-state index contributed by atoms with van der Waals surface area (Å²) in [5, 5.41) is 8.77. The molecule has 0 aliphatic heterocycles. The normalized spacial score (nSPS) is 11.2. The zero-order valence-corrected chi connectivity index (χ0v) is 15.6. The van der Waals surface area contributed by atoms with Gasteiger partial charge in [0.25, 0.3) is 5.91 Å². The summed E-state index contributed by atoms with van der Waals surface area (Å²) in [6, 6.07) is 16.3. The molecule has 0 unspecified atom stereocenters. The summed E-state index contributed by atoms with van der Waals surface area (Å²) in [7, 11) is 1.66. The van der Waals surface area contributed by atoms with E-state index in [1.165, 1.54) is 4.90 Å². The summed E-state index contributed by atoms with van der Waals surface area (Å²) in [6.45, 7) is 3.64. The Balaban J connectivity index is 1.79. The summed E-state index contributed by atoms with van der Waals surface area (Å²) in [6.07, 6.45) is -0.867. The molecule has 0 spiro atoms. The molecule has 0 aromatic heterocycles. The molecule has 0 radical (unpaired) electrons. The number of benzene rings is 2. The Labute approximate surface area is 158 Å². The van der Waals surface area contributed by atoms with Crippen LogP contribution in [0.25, 0.3) is 0 Å². The number of hydrogen-bond acceptors (Lipinski definition) is 5. The number of likely N-dealkylation sites (N-methyl/N-ethyl adjacent to an activating group) is 1. The maximum Gasteiger partial charge on any atom is 0.347 e. The lowest BCUT2D eigenvalue weighted by Crippen LogP contribution is -2.34. The highest BCUT2D eigenvalue weighted by atomic mass is 16.6. The fourth-order valence-electron chi connectivity index (χ4n) is 2.28. The average molecular weight is 366 g/mol. The molecule has 6 nitrogen and oxygen atoms in total. The molecule has 0 heterocycles. The second-order valence-electron chi connectivity index (χ2n) is 6.24. The topological polar surface area (TPSA) is 79.6 Å². The number of rotatable bonds is 7. The van der Waals surface area contributed by atoms with Crippen LogP contribution < -0.4 is 4.74 Å². The molecule has 0 aliphatic carbocycles. The van der Waals surface area contributed by atoms with Gasteiger partial charge in [0.05, 0.1) is 11.6 Å². The lowest BCUT2D eigenvalue weighted by molar-refractivity contribution is -0.157. The van der Waals surface area contributed by atoms with Gasteiger partial charge in [0.1, 0.15) is 5.75 Å². The number of amides is 1. The molecule has 1 atom stereocenters. The third-order valence-corrected chi connectivity index (χ3v) is 3.93. The first-order chi connectivity index (χ1) is 12.9. The first-order valence-electron chi connectivity index (χ1n) is 8.52. The molecular weight excluding hydrogens is 344 g/mol. The van der Waals surface area contributed by atoms with Gasteiger partial charge in [0.2, 0.25) is 0 Å². The molecule has 0 bridgehead atoms. The summed E-state index contributed by atoms with van der Waals surface area (Å²) >= 11 is 0. The van der Waals surface area contributed by atoms with E-state index >= 15 is 0 Å². The maximum atomic E-state index is 12.1. The minimum atomic E-state index is -0.867. The summed E-state index contributed by atoms with van der Waals surface area (Å²) in [5.74, 6) is -0.479. The van der Waals surface area contributed by atoms with Crippen molar-refractivity contribution in [2.75, 3.05) is 13.7 Å². The highest BCUT2D eigenvalue weighted by Crippen LogP contribution is 2.14. The molecule has 6 heteroatoms. The van der Waals surface area contributed by atoms with E-state index in [-0.39, 0.29) is 12.5 Å². The Hall–Kier alpha value is -3.33. The van der Waals surface area contributed by atoms with Gasteiger partial charge in [-0.2, -0.15) is 5.26 Å². The van der Waals surface area contributed by atoms with Crippen LogP contribution in [-0.4, -0.2) is 36.5 Å². The van der Waals surface area contributed by atoms with Gasteiger partial charge in [-0.3, -0.25) is 4.79 Å². The highest BCUT2D eigenvalue weighted by Gasteiger charge is 2.19. The van der Waals surface area contributed by atoms with Crippen molar-refractivity contribution >= 4 is 11.9 Å². The summed E-state index contributed by atoms with van der Waals surface area (Å²) < 4.78 is 10.5. The van der Waals surface area contributed by atoms with Crippen molar-refractivity contribution in [3.63, 3.8) is 0 Å². The molecule has 2 aromatic carbocycles. The minimum absolute atomic E-state index is 0.297. The van der Waals surface area contributed by atoms with Gasteiger partial charge in [0, 0.05) is 13.6 Å². The van der Waals surface area contributed by atoms with E-state index < -0.39 is 12.1 Å². The number of carbonyl (C=O) groups is 2. The van der Waals surface area contributed by atoms with Crippen LogP contribution in [-0.2, 0) is 20.9 Å². The van der Waals surface area contributed by atoms with Crippen LogP contribution in [0.15, 0.2) is 48.5 Å². The van der Waals surface area contributed by atoms with E-state index in [2.05, 4.69) is 0 Å². The second kappa shape index (κ2) is 9.39. The zero-order valence-electron chi connectivity index (χ0n) is 15.6. The first-order valence-corrected chi connectivity index (χ1v) is 8.52. The van der Waals surface area contributed by atoms with E-state index in [4.69, 9.17) is 14.7 Å². The van der Waals surface area contributed by atoms with Crippen molar-refractivity contribution in [3.05, 3.63) is 65.2 Å². The minimum Gasteiger partial charge on any atom is -0.479 e. The van der Waals surface area contributed by atoms with Gasteiger partial charge in [-0.05, 0) is 43.7 Å². The first kappa shape index (κ1) is 20.0. The second-order valence-corrected chi connectivity index (χ2v) is 6.24. The van der Waals surface area contributed by atoms with Crippen molar-refractivity contribution < 1.29 is 19.1 Å². The monoisotopic (exact) mass is 366 g/mol. The Kier molecular flexibility index (Phi) is 6.95. The van der Waals surface area contributed by atoms with E-state index in [9.17, 15) is 9.59 Å². The Morgan fingerprint density at radius 3 is 2.33 bits per heavy atom. The van der Waals surface area contributed by atoms with Crippen molar-refractivity contribution in [2.45, 2.75) is 26.5 Å². The van der Waals surface area contributed by atoms with Crippen LogP contribution in [0.1, 0.15) is 23.6 Å². The van der Waals surface area contributed by atoms with E-state index in [1.54, 1.807) is 38.2 Å². The molecular formula is C21H22N2O4. The largest absolute Gasteiger partial charge is 0.479 e. The fraction of sp³-hybridized carbons (Fsp3) is 0.286. The molecule has 0 saturated heterocycles. The fourth-order valence-corrected chi connectivity index (χ4v) is 2.28. The van der Waals surface area contributed by atoms with E-state index in [1.807, 2.05) is 37.3 Å². The Bertz CT molecular complexity index is 823. The molecule has 1 amide bonds. The van der Waals surface area contributed by atoms with Crippen LogP contribution in [0.3, 0.4) is 0 Å². The van der Waals surface area contributed by atoms with Crippen LogP contribution in [0.2, 0.25) is 0 Å². The smallest absolute Gasteiger partial charge is 0.347 e. The van der Waals surface area contributed by atoms with Crippen LogP contribution in [0.5, 0.6) is 5.75 Å². The van der Waals surface area contributed by atoms with Gasteiger partial charge in [0.15, 0.2) is 12.7 Å². The Morgan fingerprint density at radius 2 is 1.74 bits per heavy atom. The van der Waals surface area contributed by atoms with E-state index in [0.29, 0.717) is 17.9 Å².